The van der Waals surface area contributed by atoms with Gasteiger partial charge in [-0.3, -0.25) is 4.98 Å². The van der Waals surface area contributed by atoms with Gasteiger partial charge >= 0.3 is 0 Å². The predicted octanol–water partition coefficient (Wildman–Crippen LogP) is 3.41. The Kier molecular flexibility index (Phi) is 8.00. The Morgan fingerprint density at radius 3 is 2.75 bits per heavy atom. The number of hydrogen-bond acceptors (Lipinski definition) is 4. The quantitative estimate of drug-likeness (QED) is 0.756. The third kappa shape index (κ3) is 5.71. The molecule has 0 saturated heterocycles. The molecule has 1 rings (SSSR count). The second-order valence-electron chi connectivity index (χ2n) is 5.77. The van der Waals surface area contributed by atoms with Crippen LogP contribution in [0.2, 0.25) is 0 Å². The van der Waals surface area contributed by atoms with E-state index in [4.69, 9.17) is 0 Å². The molecule has 1 aromatic heterocycles. The molecule has 0 fully saturated rings. The van der Waals surface area contributed by atoms with Crippen molar-refractivity contribution in [1.82, 2.24) is 10.3 Å². The van der Waals surface area contributed by atoms with Crippen LogP contribution in [0.1, 0.15) is 32.8 Å². The number of pyridine rings is 1. The zero-order valence-corrected chi connectivity index (χ0v) is 14.3. The lowest BCUT2D eigenvalue weighted by Gasteiger charge is -2.28. The van der Waals surface area contributed by atoms with E-state index in [1.807, 2.05) is 24.2 Å². The summed E-state index contributed by atoms with van der Waals surface area (Å²) < 4.78 is 0. The van der Waals surface area contributed by atoms with E-state index in [0.29, 0.717) is 12.0 Å². The molecule has 0 spiro atoms. The van der Waals surface area contributed by atoms with Gasteiger partial charge in [0.1, 0.15) is 0 Å². The first kappa shape index (κ1) is 17.3. The maximum absolute atomic E-state index is 4.30. The molecule has 1 heterocycles. The van der Waals surface area contributed by atoms with Crippen molar-refractivity contribution in [1.29, 1.82) is 0 Å². The lowest BCUT2D eigenvalue weighted by Crippen LogP contribution is -2.31. The zero-order chi connectivity index (χ0) is 15.0. The Morgan fingerprint density at radius 1 is 1.35 bits per heavy atom. The fraction of sp³-hybridized carbons (Fsp3) is 0.688. The molecule has 20 heavy (non-hydrogen) atoms. The molecule has 114 valence electrons. The van der Waals surface area contributed by atoms with Crippen LogP contribution < -0.4 is 10.2 Å². The van der Waals surface area contributed by atoms with Gasteiger partial charge in [-0.15, -0.1) is 0 Å². The van der Waals surface area contributed by atoms with E-state index in [0.717, 1.165) is 13.1 Å². The van der Waals surface area contributed by atoms with E-state index in [2.05, 4.69) is 55.3 Å². The summed E-state index contributed by atoms with van der Waals surface area (Å²) in [4.78, 5) is 6.65. The van der Waals surface area contributed by atoms with Gasteiger partial charge in [0.15, 0.2) is 0 Å². The summed E-state index contributed by atoms with van der Waals surface area (Å²) in [6, 6.07) is 2.66. The molecule has 1 unspecified atom stereocenters. The Balaban J connectivity index is 2.68. The average Bonchev–Trinajstić information content (AvgIpc) is 2.44. The largest absolute Gasteiger partial charge is 0.370 e. The molecule has 0 radical (unpaired) electrons. The van der Waals surface area contributed by atoms with Crippen molar-refractivity contribution < 1.29 is 0 Å². The third-order valence-corrected chi connectivity index (χ3v) is 4.18. The predicted molar refractivity (Wildman–Crippen MR) is 91.6 cm³/mol. The molecule has 0 aliphatic rings. The molecule has 0 aliphatic carbocycles. The van der Waals surface area contributed by atoms with Crippen molar-refractivity contribution in [3.05, 3.63) is 24.0 Å². The minimum absolute atomic E-state index is 0.537. The lowest BCUT2D eigenvalue weighted by atomic mass is 10.1. The highest BCUT2D eigenvalue weighted by molar-refractivity contribution is 7.98. The summed E-state index contributed by atoms with van der Waals surface area (Å²) >= 11 is 1.91. The van der Waals surface area contributed by atoms with Crippen molar-refractivity contribution in [3.63, 3.8) is 0 Å². The van der Waals surface area contributed by atoms with Crippen LogP contribution in [0.15, 0.2) is 18.5 Å². The first-order valence-electron chi connectivity index (χ1n) is 7.41. The highest BCUT2D eigenvalue weighted by atomic mass is 32.2. The molecule has 0 bridgehead atoms. The van der Waals surface area contributed by atoms with Crippen LogP contribution in [0, 0.1) is 5.92 Å². The summed E-state index contributed by atoms with van der Waals surface area (Å²) in [6.45, 7) is 8.71. The Bertz CT molecular complexity index is 382. The number of anilines is 1. The average molecular weight is 295 g/mol. The topological polar surface area (TPSA) is 28.2 Å². The lowest BCUT2D eigenvalue weighted by molar-refractivity contribution is 0.551. The van der Waals surface area contributed by atoms with Gasteiger partial charge in [0.25, 0.3) is 0 Å². The summed E-state index contributed by atoms with van der Waals surface area (Å²) in [5, 5.41) is 3.52. The van der Waals surface area contributed by atoms with E-state index in [1.165, 1.54) is 23.4 Å². The molecule has 0 saturated carbocycles. The van der Waals surface area contributed by atoms with Gasteiger partial charge in [-0.05, 0) is 49.4 Å². The van der Waals surface area contributed by atoms with Crippen molar-refractivity contribution in [2.24, 2.45) is 5.92 Å². The smallest absolute Gasteiger partial charge is 0.0598 e. The van der Waals surface area contributed by atoms with Crippen molar-refractivity contribution in [2.75, 3.05) is 30.5 Å². The maximum atomic E-state index is 4.30. The summed E-state index contributed by atoms with van der Waals surface area (Å²) in [5.74, 6) is 1.88. The number of nitrogens with one attached hydrogen (secondary N) is 1. The standard InChI is InChI=1S/C16H29N3S/c1-13(2)10-18-11-15-6-8-17-12-16(15)19(4)14(3)7-9-20-5/h6,8,12-14,18H,7,9-11H2,1-5H3. The van der Waals surface area contributed by atoms with E-state index >= 15 is 0 Å². The monoisotopic (exact) mass is 295 g/mol. The summed E-state index contributed by atoms with van der Waals surface area (Å²) in [7, 11) is 2.17. The fourth-order valence-electron chi connectivity index (χ4n) is 2.10. The summed E-state index contributed by atoms with van der Waals surface area (Å²) in [5.41, 5.74) is 2.58. The van der Waals surface area contributed by atoms with Crippen LogP contribution in [0.25, 0.3) is 0 Å². The minimum atomic E-state index is 0.537. The minimum Gasteiger partial charge on any atom is -0.370 e. The van der Waals surface area contributed by atoms with Gasteiger partial charge in [0.2, 0.25) is 0 Å². The van der Waals surface area contributed by atoms with Gasteiger partial charge in [0.05, 0.1) is 11.9 Å². The van der Waals surface area contributed by atoms with Crippen LogP contribution >= 0.6 is 11.8 Å². The van der Waals surface area contributed by atoms with E-state index < -0.39 is 0 Å². The van der Waals surface area contributed by atoms with Gasteiger partial charge in [-0.25, -0.2) is 0 Å². The molecule has 0 amide bonds. The Morgan fingerprint density at radius 2 is 2.10 bits per heavy atom. The van der Waals surface area contributed by atoms with E-state index in [1.54, 1.807) is 0 Å². The molecular weight excluding hydrogens is 266 g/mol. The molecular formula is C16H29N3S. The zero-order valence-electron chi connectivity index (χ0n) is 13.5. The molecule has 1 N–H and O–H groups in total. The number of hydrogen-bond donors (Lipinski definition) is 1. The first-order chi connectivity index (χ1) is 9.56. The molecule has 4 heteroatoms. The van der Waals surface area contributed by atoms with Crippen LogP contribution in [0.5, 0.6) is 0 Å². The number of aromatic nitrogens is 1. The van der Waals surface area contributed by atoms with Gasteiger partial charge in [-0.2, -0.15) is 11.8 Å². The van der Waals surface area contributed by atoms with Crippen molar-refractivity contribution >= 4 is 17.4 Å². The molecule has 0 aliphatic heterocycles. The highest BCUT2D eigenvalue weighted by Crippen LogP contribution is 2.21. The van der Waals surface area contributed by atoms with Crippen LogP contribution in [-0.2, 0) is 6.54 Å². The van der Waals surface area contributed by atoms with E-state index in [9.17, 15) is 0 Å². The van der Waals surface area contributed by atoms with Gasteiger partial charge < -0.3 is 10.2 Å². The first-order valence-corrected chi connectivity index (χ1v) is 8.81. The van der Waals surface area contributed by atoms with Gasteiger partial charge in [0, 0.05) is 25.8 Å². The molecule has 0 aromatic carbocycles. The summed E-state index contributed by atoms with van der Waals surface area (Å²) in [6.07, 6.45) is 7.24. The molecule has 1 aromatic rings. The molecule has 1 atom stereocenters. The van der Waals surface area contributed by atoms with Crippen molar-refractivity contribution in [2.45, 2.75) is 39.8 Å². The highest BCUT2D eigenvalue weighted by Gasteiger charge is 2.13. The van der Waals surface area contributed by atoms with Gasteiger partial charge in [-0.1, -0.05) is 13.8 Å². The number of thioether (sulfide) groups is 1. The second-order valence-corrected chi connectivity index (χ2v) is 6.76. The van der Waals surface area contributed by atoms with Crippen LogP contribution in [0.3, 0.4) is 0 Å². The van der Waals surface area contributed by atoms with Crippen LogP contribution in [-0.4, -0.2) is 36.6 Å². The maximum Gasteiger partial charge on any atom is 0.0598 e. The third-order valence-electron chi connectivity index (χ3n) is 3.54. The van der Waals surface area contributed by atoms with E-state index in [-0.39, 0.29) is 0 Å². The van der Waals surface area contributed by atoms with Crippen LogP contribution in [0.4, 0.5) is 5.69 Å². The van der Waals surface area contributed by atoms with Crippen molar-refractivity contribution in [3.8, 4) is 0 Å². The molecule has 3 nitrogen and oxygen atoms in total. The number of nitrogens with zero attached hydrogens (tertiary/aromatic N) is 2. The SMILES string of the molecule is CSCCC(C)N(C)c1cnccc1CNCC(C)C. The Labute approximate surface area is 128 Å². The normalized spacial score (nSPS) is 12.7. The second kappa shape index (κ2) is 9.24. The number of rotatable bonds is 9. The Hall–Kier alpha value is -0.740. The fourth-order valence-corrected chi connectivity index (χ4v) is 2.67.